The van der Waals surface area contributed by atoms with Crippen LogP contribution in [0.4, 0.5) is 11.4 Å². The van der Waals surface area contributed by atoms with Crippen molar-refractivity contribution in [2.75, 3.05) is 11.1 Å². The van der Waals surface area contributed by atoms with E-state index in [0.717, 1.165) is 0 Å². The first-order valence-corrected chi connectivity index (χ1v) is 7.49. The minimum atomic E-state index is -0.0913. The highest BCUT2D eigenvalue weighted by molar-refractivity contribution is 14.1. The molecule has 0 unspecified atom stereocenters. The van der Waals surface area contributed by atoms with E-state index in [1.807, 2.05) is 22.6 Å². The summed E-state index contributed by atoms with van der Waals surface area (Å²) < 4.78 is 2.08. The molecule has 0 atom stereocenters. The van der Waals surface area contributed by atoms with Crippen LogP contribution in [0.2, 0.25) is 0 Å². The molecule has 1 aromatic heterocycles. The van der Waals surface area contributed by atoms with E-state index >= 15 is 0 Å². The molecule has 0 aliphatic carbocycles. The van der Waals surface area contributed by atoms with E-state index in [1.165, 1.54) is 17.1 Å². The number of aryl methyl sites for hydroxylation is 1. The monoisotopic (exact) mass is 398 g/mol. The number of rotatable bonds is 5. The van der Waals surface area contributed by atoms with Crippen molar-refractivity contribution >= 4 is 39.9 Å². The van der Waals surface area contributed by atoms with Gasteiger partial charge in [-0.05, 0) is 53.3 Å². The topological polar surface area (TPSA) is 90.0 Å². The van der Waals surface area contributed by atoms with Gasteiger partial charge < -0.3 is 11.1 Å². The number of nitrogens with one attached hydrogen (secondary N) is 1. The van der Waals surface area contributed by atoms with E-state index in [9.17, 15) is 9.59 Å². The maximum absolute atomic E-state index is 11.8. The zero-order valence-electron chi connectivity index (χ0n) is 11.3. The van der Waals surface area contributed by atoms with Gasteiger partial charge in [-0.2, -0.15) is 0 Å². The molecule has 0 radical (unpaired) electrons. The number of aromatic nitrogens is 2. The predicted molar refractivity (Wildman–Crippen MR) is 89.9 cm³/mol. The lowest BCUT2D eigenvalue weighted by molar-refractivity contribution is -0.116. The molecular weight excluding hydrogens is 383 g/mol. The third kappa shape index (κ3) is 4.55. The van der Waals surface area contributed by atoms with E-state index in [1.54, 1.807) is 24.3 Å². The third-order valence-electron chi connectivity index (χ3n) is 2.86. The summed E-state index contributed by atoms with van der Waals surface area (Å²) in [6.45, 7) is 0.470. The highest BCUT2D eigenvalue weighted by Crippen LogP contribution is 2.11. The van der Waals surface area contributed by atoms with Crippen LogP contribution in [0.3, 0.4) is 0 Å². The molecule has 0 aliphatic heterocycles. The fourth-order valence-electron chi connectivity index (χ4n) is 1.78. The van der Waals surface area contributed by atoms with Gasteiger partial charge in [0.2, 0.25) is 5.91 Å². The number of halogens is 1. The van der Waals surface area contributed by atoms with E-state index < -0.39 is 0 Å². The molecular formula is C14H15IN4O2. The first kappa shape index (κ1) is 15.5. The van der Waals surface area contributed by atoms with Gasteiger partial charge in [0, 0.05) is 30.5 Å². The molecule has 1 amide bonds. The zero-order valence-corrected chi connectivity index (χ0v) is 13.4. The van der Waals surface area contributed by atoms with E-state index in [2.05, 4.69) is 10.3 Å². The predicted octanol–water partition coefficient (Wildman–Crippen LogP) is 1.85. The second-order valence-corrected chi connectivity index (χ2v) is 5.68. The number of hydrogen-bond acceptors (Lipinski definition) is 4. The summed E-state index contributed by atoms with van der Waals surface area (Å²) in [6, 6.07) is 6.96. The molecule has 0 bridgehead atoms. The Balaban J connectivity index is 1.83. The van der Waals surface area contributed by atoms with Crippen molar-refractivity contribution in [3.05, 3.63) is 50.7 Å². The maximum atomic E-state index is 11.8. The fraction of sp³-hybridized carbons (Fsp3) is 0.214. The maximum Gasteiger partial charge on any atom is 0.266 e. The normalized spacial score (nSPS) is 10.3. The Bertz CT molecular complexity index is 682. The van der Waals surface area contributed by atoms with Crippen molar-refractivity contribution in [2.45, 2.75) is 19.4 Å². The van der Waals surface area contributed by atoms with Gasteiger partial charge in [0.15, 0.2) is 0 Å². The van der Waals surface area contributed by atoms with Gasteiger partial charge >= 0.3 is 0 Å². The standard InChI is InChI=1S/C14H15IN4O2/c15-12-8-17-9-19(14(12)21)7-1-2-13(20)18-11-5-3-10(16)4-6-11/h3-6,8-9H,1-2,7,16H2,(H,18,20). The van der Waals surface area contributed by atoms with Gasteiger partial charge in [-0.3, -0.25) is 14.2 Å². The van der Waals surface area contributed by atoms with Crippen LogP contribution in [-0.4, -0.2) is 15.5 Å². The highest BCUT2D eigenvalue weighted by atomic mass is 127. The minimum absolute atomic E-state index is 0.0791. The van der Waals surface area contributed by atoms with Crippen LogP contribution in [0, 0.1) is 3.57 Å². The Morgan fingerprint density at radius 1 is 1.33 bits per heavy atom. The molecule has 6 nitrogen and oxygen atoms in total. The molecule has 21 heavy (non-hydrogen) atoms. The summed E-state index contributed by atoms with van der Waals surface area (Å²) in [7, 11) is 0. The molecule has 0 saturated carbocycles. The molecule has 1 aromatic carbocycles. The Morgan fingerprint density at radius 2 is 2.05 bits per heavy atom. The number of nitrogens with two attached hydrogens (primary N) is 1. The van der Waals surface area contributed by atoms with Crippen molar-refractivity contribution in [2.24, 2.45) is 0 Å². The number of carbonyl (C=O) groups excluding carboxylic acids is 1. The number of nitrogen functional groups attached to an aromatic ring is 1. The van der Waals surface area contributed by atoms with Gasteiger partial charge in [-0.15, -0.1) is 0 Å². The van der Waals surface area contributed by atoms with Crippen LogP contribution in [-0.2, 0) is 11.3 Å². The number of benzene rings is 1. The van der Waals surface area contributed by atoms with Crippen LogP contribution in [0.25, 0.3) is 0 Å². The first-order valence-electron chi connectivity index (χ1n) is 6.41. The Hall–Kier alpha value is -1.90. The van der Waals surface area contributed by atoms with Gasteiger partial charge in [0.1, 0.15) is 0 Å². The third-order valence-corrected chi connectivity index (χ3v) is 3.60. The lowest BCUT2D eigenvalue weighted by Gasteiger charge is -2.07. The van der Waals surface area contributed by atoms with Crippen LogP contribution in [0.5, 0.6) is 0 Å². The lowest BCUT2D eigenvalue weighted by atomic mass is 10.2. The fourth-order valence-corrected chi connectivity index (χ4v) is 2.25. The Kier molecular flexibility index (Phi) is 5.32. The summed E-state index contributed by atoms with van der Waals surface area (Å²) in [4.78, 5) is 27.5. The van der Waals surface area contributed by atoms with Crippen LogP contribution in [0.1, 0.15) is 12.8 Å². The quantitative estimate of drug-likeness (QED) is 0.594. The molecule has 1 heterocycles. The van der Waals surface area contributed by atoms with Crippen molar-refractivity contribution in [3.8, 4) is 0 Å². The van der Waals surface area contributed by atoms with E-state index in [4.69, 9.17) is 5.73 Å². The lowest BCUT2D eigenvalue weighted by Crippen LogP contribution is -2.23. The summed E-state index contributed by atoms with van der Waals surface area (Å²) >= 11 is 1.95. The van der Waals surface area contributed by atoms with Gasteiger partial charge in [-0.25, -0.2) is 4.98 Å². The van der Waals surface area contributed by atoms with Gasteiger partial charge in [-0.1, -0.05) is 0 Å². The second kappa shape index (κ2) is 7.21. The minimum Gasteiger partial charge on any atom is -0.399 e. The van der Waals surface area contributed by atoms with Crippen LogP contribution < -0.4 is 16.6 Å². The SMILES string of the molecule is Nc1ccc(NC(=O)CCCn2cncc(I)c2=O)cc1. The van der Waals surface area contributed by atoms with Crippen molar-refractivity contribution in [3.63, 3.8) is 0 Å². The average Bonchev–Trinajstić information content (AvgIpc) is 2.46. The molecule has 3 N–H and O–H groups in total. The molecule has 7 heteroatoms. The van der Waals surface area contributed by atoms with E-state index in [-0.39, 0.29) is 11.5 Å². The van der Waals surface area contributed by atoms with Gasteiger partial charge in [0.05, 0.1) is 9.90 Å². The van der Waals surface area contributed by atoms with E-state index in [0.29, 0.717) is 34.3 Å². The second-order valence-electron chi connectivity index (χ2n) is 4.51. The number of nitrogens with zero attached hydrogens (tertiary/aromatic N) is 2. The van der Waals surface area contributed by atoms with Crippen molar-refractivity contribution in [1.82, 2.24) is 9.55 Å². The average molecular weight is 398 g/mol. The highest BCUT2D eigenvalue weighted by Gasteiger charge is 2.04. The van der Waals surface area contributed by atoms with Crippen molar-refractivity contribution < 1.29 is 4.79 Å². The summed E-state index contributed by atoms with van der Waals surface area (Å²) in [6.07, 6.45) is 3.92. The molecule has 0 aliphatic rings. The Morgan fingerprint density at radius 3 is 2.76 bits per heavy atom. The number of anilines is 2. The Labute approximate surface area is 135 Å². The smallest absolute Gasteiger partial charge is 0.266 e. The zero-order chi connectivity index (χ0) is 15.2. The van der Waals surface area contributed by atoms with Gasteiger partial charge in [0.25, 0.3) is 5.56 Å². The molecule has 110 valence electrons. The first-order chi connectivity index (χ1) is 10.1. The largest absolute Gasteiger partial charge is 0.399 e. The van der Waals surface area contributed by atoms with Crippen molar-refractivity contribution in [1.29, 1.82) is 0 Å². The summed E-state index contributed by atoms with van der Waals surface area (Å²) in [5, 5.41) is 2.78. The summed E-state index contributed by atoms with van der Waals surface area (Å²) in [5.41, 5.74) is 6.86. The number of amides is 1. The number of hydrogen-bond donors (Lipinski definition) is 2. The molecule has 0 fully saturated rings. The summed E-state index contributed by atoms with van der Waals surface area (Å²) in [5.74, 6) is -0.0913. The molecule has 2 aromatic rings. The van der Waals surface area contributed by atoms with Crippen LogP contribution in [0.15, 0.2) is 41.6 Å². The molecule has 0 saturated heterocycles. The van der Waals surface area contributed by atoms with Crippen LogP contribution >= 0.6 is 22.6 Å². The molecule has 2 rings (SSSR count). The molecule has 0 spiro atoms. The number of carbonyl (C=O) groups is 1.